The molecule has 1 aliphatic rings. The topological polar surface area (TPSA) is 37.6 Å². The number of hydrogen-bond acceptors (Lipinski definition) is 4. The number of hydrogen-bond donors (Lipinski definition) is 1. The Hall–Kier alpha value is -1.36. The molecule has 2 heterocycles. The highest BCUT2D eigenvalue weighted by atomic mass is 16.5. The van der Waals surface area contributed by atoms with Crippen LogP contribution in [0, 0.1) is 0 Å². The molecule has 0 aliphatic carbocycles. The first-order chi connectivity index (χ1) is 9.31. The number of nitrogens with zero attached hydrogens (tertiary/aromatic N) is 1. The predicted molar refractivity (Wildman–Crippen MR) is 75.2 cm³/mol. The fourth-order valence-electron chi connectivity index (χ4n) is 2.47. The standard InChI is InChI=1S/C15H20N2O2/c1-17-6-7-18-14(11-17)10-16-9-13-8-12-4-2-3-5-15(12)19-13/h2-5,8,14,16H,6-7,9-11H2,1H3/t14-/m1/s1. The van der Waals surface area contributed by atoms with Gasteiger partial charge in [-0.2, -0.15) is 0 Å². The van der Waals surface area contributed by atoms with Gasteiger partial charge in [0.1, 0.15) is 11.3 Å². The first kappa shape index (κ1) is 12.7. The predicted octanol–water partition coefficient (Wildman–Crippen LogP) is 1.85. The van der Waals surface area contributed by atoms with Crippen LogP contribution < -0.4 is 5.32 Å². The van der Waals surface area contributed by atoms with Crippen molar-refractivity contribution in [3.05, 3.63) is 36.1 Å². The zero-order chi connectivity index (χ0) is 13.1. The second kappa shape index (κ2) is 5.74. The van der Waals surface area contributed by atoms with Crippen molar-refractivity contribution in [2.24, 2.45) is 0 Å². The minimum atomic E-state index is 0.281. The van der Waals surface area contributed by atoms with Crippen LogP contribution >= 0.6 is 0 Å². The van der Waals surface area contributed by atoms with Gasteiger partial charge in [0, 0.05) is 25.0 Å². The minimum Gasteiger partial charge on any atom is -0.460 e. The van der Waals surface area contributed by atoms with E-state index >= 15 is 0 Å². The van der Waals surface area contributed by atoms with Gasteiger partial charge in [0.2, 0.25) is 0 Å². The van der Waals surface area contributed by atoms with Gasteiger partial charge in [-0.3, -0.25) is 0 Å². The third-order valence-electron chi connectivity index (χ3n) is 3.49. The molecule has 1 aromatic heterocycles. The Balaban J connectivity index is 1.51. The molecule has 102 valence electrons. The number of likely N-dealkylation sites (N-methyl/N-ethyl adjacent to an activating group) is 1. The Morgan fingerprint density at radius 2 is 2.26 bits per heavy atom. The van der Waals surface area contributed by atoms with Gasteiger partial charge < -0.3 is 19.4 Å². The molecular weight excluding hydrogens is 240 g/mol. The quantitative estimate of drug-likeness (QED) is 0.910. The number of fused-ring (bicyclic) bond motifs is 1. The lowest BCUT2D eigenvalue weighted by Gasteiger charge is -2.30. The number of furan rings is 1. The molecule has 0 bridgehead atoms. The molecular formula is C15H20N2O2. The third-order valence-corrected chi connectivity index (χ3v) is 3.49. The first-order valence-electron chi connectivity index (χ1n) is 6.79. The highest BCUT2D eigenvalue weighted by Gasteiger charge is 2.17. The molecule has 0 spiro atoms. The number of para-hydroxylation sites is 1. The highest BCUT2D eigenvalue weighted by molar-refractivity contribution is 5.77. The number of ether oxygens (including phenoxy) is 1. The molecule has 4 nitrogen and oxygen atoms in total. The van der Waals surface area contributed by atoms with Crippen LogP contribution in [0.5, 0.6) is 0 Å². The summed E-state index contributed by atoms with van der Waals surface area (Å²) >= 11 is 0. The van der Waals surface area contributed by atoms with Gasteiger partial charge in [-0.25, -0.2) is 0 Å². The van der Waals surface area contributed by atoms with Gasteiger partial charge >= 0.3 is 0 Å². The van der Waals surface area contributed by atoms with Gasteiger partial charge in [0.25, 0.3) is 0 Å². The summed E-state index contributed by atoms with van der Waals surface area (Å²) in [6.07, 6.45) is 0.281. The summed E-state index contributed by atoms with van der Waals surface area (Å²) in [5, 5.41) is 4.57. The van der Waals surface area contributed by atoms with Crippen LogP contribution in [-0.2, 0) is 11.3 Å². The SMILES string of the molecule is CN1CCO[C@H](CNCc2cc3ccccc3o2)C1. The molecule has 2 aromatic rings. The van der Waals surface area contributed by atoms with Crippen molar-refractivity contribution in [1.82, 2.24) is 10.2 Å². The molecule has 19 heavy (non-hydrogen) atoms. The van der Waals surface area contributed by atoms with E-state index in [0.717, 1.165) is 49.5 Å². The van der Waals surface area contributed by atoms with Crippen LogP contribution in [-0.4, -0.2) is 44.3 Å². The van der Waals surface area contributed by atoms with Crippen LogP contribution in [0.2, 0.25) is 0 Å². The second-order valence-electron chi connectivity index (χ2n) is 5.14. The first-order valence-corrected chi connectivity index (χ1v) is 6.79. The summed E-state index contributed by atoms with van der Waals surface area (Å²) in [6, 6.07) is 10.2. The Morgan fingerprint density at radius 1 is 1.37 bits per heavy atom. The van der Waals surface area contributed by atoms with E-state index in [2.05, 4.69) is 29.4 Å². The van der Waals surface area contributed by atoms with E-state index in [1.54, 1.807) is 0 Å². The summed E-state index contributed by atoms with van der Waals surface area (Å²) in [6.45, 7) is 4.46. The van der Waals surface area contributed by atoms with Crippen molar-refractivity contribution in [2.45, 2.75) is 12.6 Å². The average molecular weight is 260 g/mol. The number of morpholine rings is 1. The molecule has 0 saturated carbocycles. The summed E-state index contributed by atoms with van der Waals surface area (Å²) < 4.78 is 11.5. The smallest absolute Gasteiger partial charge is 0.134 e. The van der Waals surface area contributed by atoms with Gasteiger partial charge in [-0.15, -0.1) is 0 Å². The van der Waals surface area contributed by atoms with Crippen molar-refractivity contribution in [1.29, 1.82) is 0 Å². The Kier molecular flexibility index (Phi) is 3.82. The largest absolute Gasteiger partial charge is 0.460 e. The van der Waals surface area contributed by atoms with Crippen LogP contribution in [0.1, 0.15) is 5.76 Å². The average Bonchev–Trinajstić information content (AvgIpc) is 2.81. The summed E-state index contributed by atoms with van der Waals surface area (Å²) in [5.41, 5.74) is 0.952. The van der Waals surface area contributed by atoms with Crippen molar-refractivity contribution in [3.63, 3.8) is 0 Å². The van der Waals surface area contributed by atoms with Crippen molar-refractivity contribution >= 4 is 11.0 Å². The molecule has 4 heteroatoms. The normalized spacial score (nSPS) is 21.0. The van der Waals surface area contributed by atoms with E-state index in [-0.39, 0.29) is 6.10 Å². The maximum atomic E-state index is 5.76. The fraction of sp³-hybridized carbons (Fsp3) is 0.467. The van der Waals surface area contributed by atoms with Crippen LogP contribution in [0.4, 0.5) is 0 Å². The molecule has 1 atom stereocenters. The zero-order valence-corrected chi connectivity index (χ0v) is 11.3. The highest BCUT2D eigenvalue weighted by Crippen LogP contribution is 2.18. The third kappa shape index (κ3) is 3.15. The van der Waals surface area contributed by atoms with E-state index in [0.29, 0.717) is 0 Å². The summed E-state index contributed by atoms with van der Waals surface area (Å²) in [7, 11) is 2.13. The fourth-order valence-corrected chi connectivity index (χ4v) is 2.47. The van der Waals surface area contributed by atoms with Crippen LogP contribution in [0.25, 0.3) is 11.0 Å². The summed E-state index contributed by atoms with van der Waals surface area (Å²) in [5.74, 6) is 0.977. The lowest BCUT2D eigenvalue weighted by molar-refractivity contribution is -0.0183. The molecule has 1 aromatic carbocycles. The van der Waals surface area contributed by atoms with E-state index in [1.165, 1.54) is 0 Å². The second-order valence-corrected chi connectivity index (χ2v) is 5.14. The molecule has 0 radical (unpaired) electrons. The van der Waals surface area contributed by atoms with E-state index in [4.69, 9.17) is 9.15 Å². The van der Waals surface area contributed by atoms with Crippen molar-refractivity contribution < 1.29 is 9.15 Å². The molecule has 0 unspecified atom stereocenters. The molecule has 0 amide bonds. The maximum Gasteiger partial charge on any atom is 0.134 e. The molecule has 1 saturated heterocycles. The van der Waals surface area contributed by atoms with Crippen molar-refractivity contribution in [2.75, 3.05) is 33.3 Å². The van der Waals surface area contributed by atoms with Gasteiger partial charge in [0.15, 0.2) is 0 Å². The Morgan fingerprint density at radius 3 is 3.11 bits per heavy atom. The number of rotatable bonds is 4. The lowest BCUT2D eigenvalue weighted by Crippen LogP contribution is -2.44. The van der Waals surface area contributed by atoms with Gasteiger partial charge in [-0.05, 0) is 19.2 Å². The molecule has 3 rings (SSSR count). The van der Waals surface area contributed by atoms with Crippen molar-refractivity contribution in [3.8, 4) is 0 Å². The lowest BCUT2D eigenvalue weighted by atomic mass is 10.2. The monoisotopic (exact) mass is 260 g/mol. The Labute approximate surface area is 113 Å². The van der Waals surface area contributed by atoms with Gasteiger partial charge in [0.05, 0.1) is 19.3 Å². The summed E-state index contributed by atoms with van der Waals surface area (Å²) in [4.78, 5) is 2.30. The Bertz CT molecular complexity index is 505. The van der Waals surface area contributed by atoms with Crippen LogP contribution in [0.3, 0.4) is 0 Å². The number of nitrogens with one attached hydrogen (secondary N) is 1. The molecule has 1 N–H and O–H groups in total. The molecule has 1 aliphatic heterocycles. The number of benzene rings is 1. The molecule has 1 fully saturated rings. The van der Waals surface area contributed by atoms with Gasteiger partial charge in [-0.1, -0.05) is 18.2 Å². The zero-order valence-electron chi connectivity index (χ0n) is 11.3. The van der Waals surface area contributed by atoms with E-state index in [9.17, 15) is 0 Å². The minimum absolute atomic E-state index is 0.281. The van der Waals surface area contributed by atoms with E-state index < -0.39 is 0 Å². The maximum absolute atomic E-state index is 5.76. The van der Waals surface area contributed by atoms with Crippen LogP contribution in [0.15, 0.2) is 34.7 Å². The van der Waals surface area contributed by atoms with E-state index in [1.807, 2.05) is 18.2 Å².